The lowest BCUT2D eigenvalue weighted by Gasteiger charge is -2.22. The summed E-state index contributed by atoms with van der Waals surface area (Å²) in [4.78, 5) is 0. The average Bonchev–Trinajstić information content (AvgIpc) is 2.89. The van der Waals surface area contributed by atoms with Gasteiger partial charge in [-0.25, -0.2) is 0 Å². The predicted octanol–water partition coefficient (Wildman–Crippen LogP) is 2.49. The van der Waals surface area contributed by atoms with E-state index < -0.39 is 5.54 Å². The summed E-state index contributed by atoms with van der Waals surface area (Å²) in [6, 6.07) is 8.20. The Kier molecular flexibility index (Phi) is 4.99. The molecule has 0 amide bonds. The lowest BCUT2D eigenvalue weighted by molar-refractivity contribution is 0.437. The Balaban J connectivity index is 1.94. The van der Waals surface area contributed by atoms with Crippen LogP contribution in [0.2, 0.25) is 0 Å². The molecule has 0 aromatic carbocycles. The van der Waals surface area contributed by atoms with Crippen LogP contribution in [-0.2, 0) is 0 Å². The molecule has 106 valence electrons. The number of fused-ring (bicyclic) bond motifs is 1. The first-order valence-electron chi connectivity index (χ1n) is 6.77. The maximum Gasteiger partial charge on any atom is 0.195 e. The number of aromatic nitrogens is 3. The minimum absolute atomic E-state index is 0.469. The highest BCUT2D eigenvalue weighted by Gasteiger charge is 2.22. The van der Waals surface area contributed by atoms with Crippen molar-refractivity contribution in [2.75, 3.05) is 12.3 Å². The second-order valence-electron chi connectivity index (χ2n) is 4.88. The Hall–Kier alpha value is -1.58. The van der Waals surface area contributed by atoms with Gasteiger partial charge < -0.3 is 0 Å². The fourth-order valence-corrected chi connectivity index (χ4v) is 2.93. The van der Waals surface area contributed by atoms with Crippen molar-refractivity contribution in [2.45, 2.75) is 37.4 Å². The second-order valence-corrected chi connectivity index (χ2v) is 5.94. The number of pyridine rings is 1. The third-order valence-corrected chi connectivity index (χ3v) is 4.07. The highest BCUT2D eigenvalue weighted by molar-refractivity contribution is 7.99. The average molecular weight is 289 g/mol. The number of nitriles is 1. The van der Waals surface area contributed by atoms with Crippen molar-refractivity contribution in [1.82, 2.24) is 19.9 Å². The van der Waals surface area contributed by atoms with Gasteiger partial charge in [-0.15, -0.1) is 10.2 Å². The summed E-state index contributed by atoms with van der Waals surface area (Å²) < 4.78 is 1.97. The summed E-state index contributed by atoms with van der Waals surface area (Å²) in [7, 11) is 0. The van der Waals surface area contributed by atoms with Crippen LogP contribution in [0.15, 0.2) is 29.6 Å². The highest BCUT2D eigenvalue weighted by Crippen LogP contribution is 2.20. The predicted molar refractivity (Wildman–Crippen MR) is 80.6 cm³/mol. The van der Waals surface area contributed by atoms with Gasteiger partial charge in [0.1, 0.15) is 5.54 Å². The molecule has 2 aromatic rings. The monoisotopic (exact) mass is 289 g/mol. The van der Waals surface area contributed by atoms with E-state index in [1.807, 2.05) is 35.7 Å². The standard InChI is InChI=1S/C14H19N5S/c1-3-8-16-14(2,11-15)7-10-20-13-18-17-12-6-4-5-9-19(12)13/h4-6,9,16H,3,7-8,10H2,1-2H3. The molecule has 20 heavy (non-hydrogen) atoms. The molecule has 6 heteroatoms. The zero-order valence-corrected chi connectivity index (χ0v) is 12.7. The van der Waals surface area contributed by atoms with Gasteiger partial charge in [0.05, 0.1) is 6.07 Å². The van der Waals surface area contributed by atoms with Crippen molar-refractivity contribution in [3.63, 3.8) is 0 Å². The first-order valence-corrected chi connectivity index (χ1v) is 7.76. The van der Waals surface area contributed by atoms with Crippen LogP contribution in [0.4, 0.5) is 0 Å². The maximum atomic E-state index is 9.29. The summed E-state index contributed by atoms with van der Waals surface area (Å²) in [5.41, 5.74) is 0.380. The molecule has 0 fully saturated rings. The largest absolute Gasteiger partial charge is 0.300 e. The molecule has 0 bridgehead atoms. The van der Waals surface area contributed by atoms with Crippen LogP contribution < -0.4 is 5.32 Å². The summed E-state index contributed by atoms with van der Waals surface area (Å²) in [6.07, 6.45) is 3.76. The van der Waals surface area contributed by atoms with Crippen LogP contribution in [0, 0.1) is 11.3 Å². The van der Waals surface area contributed by atoms with Crippen LogP contribution in [0.5, 0.6) is 0 Å². The molecule has 1 N–H and O–H groups in total. The molecule has 0 radical (unpaired) electrons. The molecule has 2 rings (SSSR count). The van der Waals surface area contributed by atoms with Gasteiger partial charge >= 0.3 is 0 Å². The van der Waals surface area contributed by atoms with Gasteiger partial charge in [-0.3, -0.25) is 9.72 Å². The van der Waals surface area contributed by atoms with E-state index in [0.717, 1.165) is 35.9 Å². The van der Waals surface area contributed by atoms with Gasteiger partial charge in [0.15, 0.2) is 10.8 Å². The molecule has 0 aliphatic carbocycles. The van der Waals surface area contributed by atoms with Gasteiger partial charge in [-0.05, 0) is 38.4 Å². The Morgan fingerprint density at radius 1 is 1.45 bits per heavy atom. The SMILES string of the molecule is CCCNC(C)(C#N)CCSc1nnc2ccccn12. The van der Waals surface area contributed by atoms with E-state index in [2.05, 4.69) is 28.5 Å². The number of nitrogens with one attached hydrogen (secondary N) is 1. The Labute approximate surface area is 123 Å². The summed E-state index contributed by atoms with van der Waals surface area (Å²) >= 11 is 1.63. The Bertz CT molecular complexity index is 603. The molecule has 1 unspecified atom stereocenters. The van der Waals surface area contributed by atoms with E-state index in [-0.39, 0.29) is 0 Å². The Morgan fingerprint density at radius 2 is 2.30 bits per heavy atom. The normalized spacial score (nSPS) is 14.1. The van der Waals surface area contributed by atoms with Crippen LogP contribution >= 0.6 is 11.8 Å². The van der Waals surface area contributed by atoms with E-state index in [4.69, 9.17) is 0 Å². The van der Waals surface area contributed by atoms with E-state index in [1.165, 1.54) is 0 Å². The summed E-state index contributed by atoms with van der Waals surface area (Å²) in [6.45, 7) is 4.91. The van der Waals surface area contributed by atoms with Crippen molar-refractivity contribution in [3.05, 3.63) is 24.4 Å². The molecule has 0 spiro atoms. The molecule has 1 atom stereocenters. The van der Waals surface area contributed by atoms with E-state index in [9.17, 15) is 5.26 Å². The van der Waals surface area contributed by atoms with Crippen molar-refractivity contribution in [3.8, 4) is 6.07 Å². The first kappa shape index (κ1) is 14.8. The number of hydrogen-bond acceptors (Lipinski definition) is 5. The number of rotatable bonds is 7. The van der Waals surface area contributed by atoms with Crippen LogP contribution in [0.3, 0.4) is 0 Å². The number of thioether (sulfide) groups is 1. The van der Waals surface area contributed by atoms with E-state index >= 15 is 0 Å². The van der Waals surface area contributed by atoms with E-state index in [1.54, 1.807) is 11.8 Å². The zero-order chi connectivity index (χ0) is 14.4. The van der Waals surface area contributed by atoms with Gasteiger partial charge in [0.2, 0.25) is 0 Å². The van der Waals surface area contributed by atoms with Crippen molar-refractivity contribution < 1.29 is 0 Å². The molecular weight excluding hydrogens is 270 g/mol. The highest BCUT2D eigenvalue weighted by atomic mass is 32.2. The lowest BCUT2D eigenvalue weighted by Crippen LogP contribution is -2.41. The molecular formula is C14H19N5S. The molecule has 0 aliphatic rings. The molecule has 2 heterocycles. The molecule has 0 aliphatic heterocycles. The van der Waals surface area contributed by atoms with Crippen molar-refractivity contribution in [1.29, 1.82) is 5.26 Å². The van der Waals surface area contributed by atoms with E-state index in [0.29, 0.717) is 0 Å². The van der Waals surface area contributed by atoms with Crippen molar-refractivity contribution >= 4 is 17.4 Å². The molecule has 0 saturated heterocycles. The fourth-order valence-electron chi connectivity index (χ4n) is 1.85. The quantitative estimate of drug-likeness (QED) is 0.793. The lowest BCUT2D eigenvalue weighted by atomic mass is 10.0. The minimum atomic E-state index is -0.469. The molecule has 2 aromatic heterocycles. The second kappa shape index (κ2) is 6.73. The van der Waals surface area contributed by atoms with Gasteiger partial charge in [-0.1, -0.05) is 24.8 Å². The molecule has 5 nitrogen and oxygen atoms in total. The summed E-state index contributed by atoms with van der Waals surface area (Å²) in [5.74, 6) is 0.830. The molecule has 0 saturated carbocycles. The smallest absolute Gasteiger partial charge is 0.195 e. The zero-order valence-electron chi connectivity index (χ0n) is 11.8. The minimum Gasteiger partial charge on any atom is -0.300 e. The number of hydrogen-bond donors (Lipinski definition) is 1. The topological polar surface area (TPSA) is 66.0 Å². The van der Waals surface area contributed by atoms with Crippen LogP contribution in [-0.4, -0.2) is 32.4 Å². The van der Waals surface area contributed by atoms with Gasteiger partial charge in [-0.2, -0.15) is 5.26 Å². The third kappa shape index (κ3) is 3.50. The number of nitrogens with zero attached hydrogens (tertiary/aromatic N) is 4. The van der Waals surface area contributed by atoms with Crippen molar-refractivity contribution in [2.24, 2.45) is 0 Å². The van der Waals surface area contributed by atoms with Gasteiger partial charge in [0.25, 0.3) is 0 Å². The third-order valence-electron chi connectivity index (χ3n) is 3.13. The first-order chi connectivity index (χ1) is 9.68. The summed E-state index contributed by atoms with van der Waals surface area (Å²) in [5, 5.41) is 21.7. The van der Waals surface area contributed by atoms with Crippen LogP contribution in [0.1, 0.15) is 26.7 Å². The fraction of sp³-hybridized carbons (Fsp3) is 0.500. The van der Waals surface area contributed by atoms with Gasteiger partial charge in [0, 0.05) is 11.9 Å². The maximum absolute atomic E-state index is 9.29. The Morgan fingerprint density at radius 3 is 3.05 bits per heavy atom. The van der Waals surface area contributed by atoms with Crippen LogP contribution in [0.25, 0.3) is 5.65 Å².